The van der Waals surface area contributed by atoms with Gasteiger partial charge in [0.2, 0.25) is 0 Å². The molecule has 1 saturated heterocycles. The van der Waals surface area contributed by atoms with Gasteiger partial charge >= 0.3 is 0 Å². The maximum atomic E-state index is 5.89. The number of rotatable bonds is 3. The van der Waals surface area contributed by atoms with Crippen molar-refractivity contribution in [2.45, 2.75) is 6.42 Å². The van der Waals surface area contributed by atoms with Gasteiger partial charge in [0.05, 0.1) is 0 Å². The van der Waals surface area contributed by atoms with Crippen LogP contribution in [0.1, 0.15) is 6.42 Å². The van der Waals surface area contributed by atoms with Gasteiger partial charge in [0.25, 0.3) is 0 Å². The molecule has 3 heteroatoms. The number of nitrogens with one attached hydrogen (secondary N) is 2. The molecule has 1 aromatic rings. The fourth-order valence-corrected chi connectivity index (χ4v) is 1.94. The zero-order valence-electron chi connectivity index (χ0n) is 8.09. The van der Waals surface area contributed by atoms with Gasteiger partial charge in [-0.25, -0.2) is 0 Å². The molecule has 0 radical (unpaired) electrons. The first-order valence-electron chi connectivity index (χ1n) is 5.05. The average Bonchev–Trinajstić information content (AvgIpc) is 2.67. The minimum absolute atomic E-state index is 0.758. The summed E-state index contributed by atoms with van der Waals surface area (Å²) in [5, 5.41) is 7.55. The first kappa shape index (κ1) is 9.81. The predicted molar refractivity (Wildman–Crippen MR) is 60.9 cm³/mol. The summed E-state index contributed by atoms with van der Waals surface area (Å²) in [7, 11) is 0. The molecular weight excluding hydrogens is 196 g/mol. The van der Waals surface area contributed by atoms with Gasteiger partial charge in [-0.15, -0.1) is 0 Å². The van der Waals surface area contributed by atoms with E-state index < -0.39 is 0 Å². The summed E-state index contributed by atoms with van der Waals surface area (Å²) in [6.45, 7) is 3.32. The van der Waals surface area contributed by atoms with Crippen LogP contribution in [0.3, 0.4) is 0 Å². The van der Waals surface area contributed by atoms with Crippen LogP contribution in [0.25, 0.3) is 0 Å². The van der Waals surface area contributed by atoms with Crippen LogP contribution in [0.2, 0.25) is 5.02 Å². The number of hydrogen-bond donors (Lipinski definition) is 2. The highest BCUT2D eigenvalue weighted by Gasteiger charge is 2.13. The van der Waals surface area contributed by atoms with Crippen LogP contribution in [-0.2, 0) is 0 Å². The molecule has 2 rings (SSSR count). The van der Waals surface area contributed by atoms with Gasteiger partial charge in [0, 0.05) is 17.3 Å². The van der Waals surface area contributed by atoms with Gasteiger partial charge in [-0.1, -0.05) is 17.7 Å². The Morgan fingerprint density at radius 3 is 3.14 bits per heavy atom. The molecule has 14 heavy (non-hydrogen) atoms. The summed E-state index contributed by atoms with van der Waals surface area (Å²) < 4.78 is 0. The number of hydrogen-bond acceptors (Lipinski definition) is 2. The quantitative estimate of drug-likeness (QED) is 0.801. The Hall–Kier alpha value is -0.730. The highest BCUT2D eigenvalue weighted by Crippen LogP contribution is 2.16. The molecule has 1 unspecified atom stereocenters. The third-order valence-electron chi connectivity index (χ3n) is 2.58. The highest BCUT2D eigenvalue weighted by molar-refractivity contribution is 6.30. The molecule has 0 amide bonds. The summed E-state index contributed by atoms with van der Waals surface area (Å²) in [4.78, 5) is 0. The van der Waals surface area contributed by atoms with E-state index in [1.165, 1.54) is 6.42 Å². The molecule has 2 nitrogen and oxygen atoms in total. The summed E-state index contributed by atoms with van der Waals surface area (Å²) in [6, 6.07) is 7.87. The van der Waals surface area contributed by atoms with Crippen LogP contribution in [0, 0.1) is 5.92 Å². The lowest BCUT2D eigenvalue weighted by Gasteiger charge is -2.11. The van der Waals surface area contributed by atoms with Gasteiger partial charge in [-0.05, 0) is 43.6 Å². The van der Waals surface area contributed by atoms with Gasteiger partial charge in [-0.2, -0.15) is 0 Å². The lowest BCUT2D eigenvalue weighted by molar-refractivity contribution is 0.615. The standard InChI is InChI=1S/C11H15ClN2/c12-10-2-1-3-11(6-10)14-8-9-4-5-13-7-9/h1-3,6,9,13-14H,4-5,7-8H2. The SMILES string of the molecule is Clc1cccc(NCC2CCNC2)c1. The van der Waals surface area contributed by atoms with E-state index in [9.17, 15) is 0 Å². The Bertz CT molecular complexity index is 295. The molecule has 1 aliphatic heterocycles. The number of halogens is 1. The smallest absolute Gasteiger partial charge is 0.0426 e. The van der Waals surface area contributed by atoms with E-state index in [0.717, 1.165) is 36.3 Å². The zero-order valence-corrected chi connectivity index (χ0v) is 8.85. The third-order valence-corrected chi connectivity index (χ3v) is 2.82. The Labute approximate surface area is 89.7 Å². The second kappa shape index (κ2) is 4.67. The largest absolute Gasteiger partial charge is 0.385 e. The first-order valence-corrected chi connectivity index (χ1v) is 5.42. The lowest BCUT2D eigenvalue weighted by Crippen LogP contribution is -2.17. The van der Waals surface area contributed by atoms with Crippen molar-refractivity contribution in [2.75, 3.05) is 25.0 Å². The molecule has 1 fully saturated rings. The molecule has 0 aliphatic carbocycles. The van der Waals surface area contributed by atoms with Gasteiger partial charge in [0.1, 0.15) is 0 Å². The van der Waals surface area contributed by atoms with Crippen LogP contribution in [0.4, 0.5) is 5.69 Å². The second-order valence-electron chi connectivity index (χ2n) is 3.75. The van der Waals surface area contributed by atoms with Crippen LogP contribution >= 0.6 is 11.6 Å². The molecule has 76 valence electrons. The van der Waals surface area contributed by atoms with Crippen molar-refractivity contribution in [2.24, 2.45) is 5.92 Å². The average molecular weight is 211 g/mol. The molecule has 1 atom stereocenters. The number of benzene rings is 1. The van der Waals surface area contributed by atoms with Gasteiger partial charge in [-0.3, -0.25) is 0 Å². The second-order valence-corrected chi connectivity index (χ2v) is 4.19. The third kappa shape index (κ3) is 2.63. The minimum Gasteiger partial charge on any atom is -0.385 e. The first-order chi connectivity index (χ1) is 6.84. The topological polar surface area (TPSA) is 24.1 Å². The molecule has 2 N–H and O–H groups in total. The van der Waals surface area contributed by atoms with Crippen molar-refractivity contribution >= 4 is 17.3 Å². The monoisotopic (exact) mass is 210 g/mol. The van der Waals surface area contributed by atoms with Crippen molar-refractivity contribution in [1.82, 2.24) is 5.32 Å². The van der Waals surface area contributed by atoms with Crippen molar-refractivity contribution in [1.29, 1.82) is 0 Å². The lowest BCUT2D eigenvalue weighted by atomic mass is 10.1. The fraction of sp³-hybridized carbons (Fsp3) is 0.455. The van der Waals surface area contributed by atoms with E-state index in [1.54, 1.807) is 0 Å². The maximum Gasteiger partial charge on any atom is 0.0426 e. The molecule has 1 heterocycles. The Kier molecular flexibility index (Phi) is 3.27. The van der Waals surface area contributed by atoms with Crippen molar-refractivity contribution in [3.63, 3.8) is 0 Å². The van der Waals surface area contributed by atoms with Crippen LogP contribution < -0.4 is 10.6 Å². The highest BCUT2D eigenvalue weighted by atomic mass is 35.5. The van der Waals surface area contributed by atoms with Crippen molar-refractivity contribution < 1.29 is 0 Å². The summed E-state index contributed by atoms with van der Waals surface area (Å²) in [5.74, 6) is 0.758. The van der Waals surface area contributed by atoms with E-state index in [1.807, 2.05) is 24.3 Å². The summed E-state index contributed by atoms with van der Waals surface area (Å²) in [5.41, 5.74) is 1.12. The number of anilines is 1. The van der Waals surface area contributed by atoms with Crippen molar-refractivity contribution in [3.8, 4) is 0 Å². The van der Waals surface area contributed by atoms with Crippen molar-refractivity contribution in [3.05, 3.63) is 29.3 Å². The zero-order chi connectivity index (χ0) is 9.80. The Morgan fingerprint density at radius 1 is 1.50 bits per heavy atom. The van der Waals surface area contributed by atoms with E-state index in [0.29, 0.717) is 0 Å². The molecule has 1 aromatic carbocycles. The summed E-state index contributed by atoms with van der Waals surface area (Å²) in [6.07, 6.45) is 1.27. The van der Waals surface area contributed by atoms with Gasteiger partial charge < -0.3 is 10.6 Å². The Balaban J connectivity index is 1.85. The Morgan fingerprint density at radius 2 is 2.43 bits per heavy atom. The van der Waals surface area contributed by atoms with E-state index in [2.05, 4.69) is 10.6 Å². The van der Waals surface area contributed by atoms with Crippen LogP contribution in [0.5, 0.6) is 0 Å². The molecule has 0 saturated carbocycles. The van der Waals surface area contributed by atoms with Crippen LogP contribution in [-0.4, -0.2) is 19.6 Å². The summed E-state index contributed by atoms with van der Waals surface area (Å²) >= 11 is 5.89. The van der Waals surface area contributed by atoms with Gasteiger partial charge in [0.15, 0.2) is 0 Å². The molecule has 0 bridgehead atoms. The fourth-order valence-electron chi connectivity index (χ4n) is 1.75. The normalized spacial score (nSPS) is 21.1. The predicted octanol–water partition coefficient (Wildman–Crippen LogP) is 2.36. The van der Waals surface area contributed by atoms with E-state index in [4.69, 9.17) is 11.6 Å². The molecule has 1 aliphatic rings. The molecule has 0 aromatic heterocycles. The molecule has 0 spiro atoms. The van der Waals surface area contributed by atoms with Crippen LogP contribution in [0.15, 0.2) is 24.3 Å². The molecular formula is C11H15ClN2. The minimum atomic E-state index is 0.758. The maximum absolute atomic E-state index is 5.89. The van der Waals surface area contributed by atoms with E-state index in [-0.39, 0.29) is 0 Å². The van der Waals surface area contributed by atoms with E-state index >= 15 is 0 Å².